The summed E-state index contributed by atoms with van der Waals surface area (Å²) in [6, 6.07) is 0. The highest BCUT2D eigenvalue weighted by Gasteiger charge is 2.15. The van der Waals surface area contributed by atoms with Gasteiger partial charge in [0.2, 0.25) is 0 Å². The van der Waals surface area contributed by atoms with E-state index in [0.29, 0.717) is 5.57 Å². The minimum Gasteiger partial charge on any atom is -0.466 e. The number of carbonyl (C=O) groups is 1. The lowest BCUT2D eigenvalue weighted by atomic mass is 10.1. The molecule has 0 amide bonds. The third-order valence-electron chi connectivity index (χ3n) is 2.09. The van der Waals surface area contributed by atoms with Gasteiger partial charge < -0.3 is 20.1 Å². The number of aliphatic hydroxyl groups is 3. The Bertz CT molecular complexity index is 293. The van der Waals surface area contributed by atoms with Crippen LogP contribution in [0.3, 0.4) is 0 Å². The van der Waals surface area contributed by atoms with E-state index in [4.69, 9.17) is 5.11 Å². The van der Waals surface area contributed by atoms with Crippen molar-refractivity contribution in [2.24, 2.45) is 0 Å². The summed E-state index contributed by atoms with van der Waals surface area (Å²) in [5, 5.41) is 28.1. The van der Waals surface area contributed by atoms with Crippen LogP contribution in [0.2, 0.25) is 0 Å². The Labute approximate surface area is 101 Å². The molecule has 98 valence electrons. The maximum atomic E-state index is 10.8. The molecule has 0 aromatic heterocycles. The van der Waals surface area contributed by atoms with Gasteiger partial charge in [0.15, 0.2) is 0 Å². The SMILES string of the molecule is COC(=O)/C=C/C(C)=C/[C@@H](O)[C@H](O)C[C@@H](C)O. The van der Waals surface area contributed by atoms with Crippen LogP contribution in [0.25, 0.3) is 0 Å². The minimum absolute atomic E-state index is 0.0890. The molecule has 0 spiro atoms. The highest BCUT2D eigenvalue weighted by atomic mass is 16.5. The summed E-state index contributed by atoms with van der Waals surface area (Å²) >= 11 is 0. The zero-order valence-electron chi connectivity index (χ0n) is 10.3. The molecule has 0 saturated heterocycles. The van der Waals surface area contributed by atoms with E-state index in [1.165, 1.54) is 32.3 Å². The first kappa shape index (κ1) is 15.8. The third-order valence-corrected chi connectivity index (χ3v) is 2.09. The standard InChI is InChI=1S/C12H20O5/c1-8(4-5-12(16)17-3)6-10(14)11(15)7-9(2)13/h4-6,9-11,13-15H,7H2,1-3H3/b5-4+,8-6+/t9-,10-,11-/m1/s1. The second-order valence-corrected chi connectivity index (χ2v) is 3.91. The van der Waals surface area contributed by atoms with Crippen molar-refractivity contribution in [3.63, 3.8) is 0 Å². The van der Waals surface area contributed by atoms with Crippen LogP contribution in [0.5, 0.6) is 0 Å². The van der Waals surface area contributed by atoms with Crippen molar-refractivity contribution < 1.29 is 24.9 Å². The number of ether oxygens (including phenoxy) is 1. The van der Waals surface area contributed by atoms with E-state index in [1.807, 2.05) is 0 Å². The summed E-state index contributed by atoms with van der Waals surface area (Å²) in [6.07, 6.45) is 1.41. The molecular formula is C12H20O5. The van der Waals surface area contributed by atoms with Gasteiger partial charge in [-0.05, 0) is 13.8 Å². The van der Waals surface area contributed by atoms with Crippen LogP contribution in [-0.2, 0) is 9.53 Å². The molecule has 0 fully saturated rings. The van der Waals surface area contributed by atoms with Gasteiger partial charge in [0.1, 0.15) is 0 Å². The van der Waals surface area contributed by atoms with Gasteiger partial charge in [0.05, 0.1) is 25.4 Å². The molecule has 3 atom stereocenters. The fourth-order valence-corrected chi connectivity index (χ4v) is 1.19. The second-order valence-electron chi connectivity index (χ2n) is 3.91. The Morgan fingerprint density at radius 2 is 1.88 bits per heavy atom. The largest absolute Gasteiger partial charge is 0.466 e. The maximum Gasteiger partial charge on any atom is 0.330 e. The molecule has 0 aromatic carbocycles. The van der Waals surface area contributed by atoms with Crippen LogP contribution in [0.15, 0.2) is 23.8 Å². The van der Waals surface area contributed by atoms with Crippen LogP contribution >= 0.6 is 0 Å². The predicted octanol–water partition coefficient (Wildman–Crippen LogP) is 0.155. The molecule has 0 aliphatic rings. The molecule has 0 heterocycles. The van der Waals surface area contributed by atoms with Gasteiger partial charge in [0, 0.05) is 12.5 Å². The van der Waals surface area contributed by atoms with Crippen LogP contribution in [0.4, 0.5) is 0 Å². The molecule has 0 rings (SSSR count). The zero-order valence-corrected chi connectivity index (χ0v) is 10.3. The first-order valence-corrected chi connectivity index (χ1v) is 5.35. The smallest absolute Gasteiger partial charge is 0.330 e. The van der Waals surface area contributed by atoms with Crippen molar-refractivity contribution in [3.8, 4) is 0 Å². The summed E-state index contributed by atoms with van der Waals surface area (Å²) in [5.41, 5.74) is 0.618. The topological polar surface area (TPSA) is 87.0 Å². The lowest BCUT2D eigenvalue weighted by molar-refractivity contribution is -0.134. The molecule has 3 N–H and O–H groups in total. The normalized spacial score (nSPS) is 17.9. The number of aliphatic hydroxyl groups excluding tert-OH is 3. The molecule has 0 radical (unpaired) electrons. The Balaban J connectivity index is 4.36. The molecule has 0 aliphatic carbocycles. The fraction of sp³-hybridized carbons (Fsp3) is 0.583. The van der Waals surface area contributed by atoms with Crippen molar-refractivity contribution in [2.45, 2.75) is 38.6 Å². The lowest BCUT2D eigenvalue weighted by Gasteiger charge is -2.16. The van der Waals surface area contributed by atoms with Crippen molar-refractivity contribution in [3.05, 3.63) is 23.8 Å². The van der Waals surface area contributed by atoms with Crippen molar-refractivity contribution in [1.82, 2.24) is 0 Å². The van der Waals surface area contributed by atoms with Crippen molar-refractivity contribution in [1.29, 1.82) is 0 Å². The van der Waals surface area contributed by atoms with E-state index in [-0.39, 0.29) is 6.42 Å². The highest BCUT2D eigenvalue weighted by molar-refractivity contribution is 5.82. The van der Waals surface area contributed by atoms with Gasteiger partial charge in [-0.25, -0.2) is 4.79 Å². The van der Waals surface area contributed by atoms with Crippen LogP contribution in [0.1, 0.15) is 20.3 Å². The predicted molar refractivity (Wildman–Crippen MR) is 63.2 cm³/mol. The number of esters is 1. The number of allylic oxidation sites excluding steroid dienone is 2. The first-order valence-electron chi connectivity index (χ1n) is 5.35. The Morgan fingerprint density at radius 3 is 2.35 bits per heavy atom. The molecule has 5 heteroatoms. The molecule has 5 nitrogen and oxygen atoms in total. The number of hydrogen-bond acceptors (Lipinski definition) is 5. The quantitative estimate of drug-likeness (QED) is 0.352. The summed E-state index contributed by atoms with van der Waals surface area (Å²) in [6.45, 7) is 3.21. The van der Waals surface area contributed by atoms with Gasteiger partial charge in [-0.1, -0.05) is 17.7 Å². The fourth-order valence-electron chi connectivity index (χ4n) is 1.19. The van der Waals surface area contributed by atoms with Gasteiger partial charge in [-0.2, -0.15) is 0 Å². The number of hydrogen-bond donors (Lipinski definition) is 3. The van der Waals surface area contributed by atoms with E-state index in [2.05, 4.69) is 4.74 Å². The molecule has 0 aliphatic heterocycles. The Kier molecular flexibility index (Phi) is 7.45. The number of rotatable bonds is 6. The average Bonchev–Trinajstić information content (AvgIpc) is 2.24. The monoisotopic (exact) mass is 244 g/mol. The van der Waals surface area contributed by atoms with Crippen molar-refractivity contribution >= 4 is 5.97 Å². The van der Waals surface area contributed by atoms with E-state index in [0.717, 1.165) is 0 Å². The van der Waals surface area contributed by atoms with Gasteiger partial charge in [-0.15, -0.1) is 0 Å². The van der Waals surface area contributed by atoms with Gasteiger partial charge in [0.25, 0.3) is 0 Å². The Hall–Kier alpha value is -1.17. The zero-order chi connectivity index (χ0) is 13.4. The van der Waals surface area contributed by atoms with Gasteiger partial charge in [-0.3, -0.25) is 0 Å². The molecule has 0 aromatic rings. The van der Waals surface area contributed by atoms with Crippen LogP contribution in [-0.4, -0.2) is 46.7 Å². The number of methoxy groups -OCH3 is 1. The molecule has 0 unspecified atom stereocenters. The number of carbonyl (C=O) groups excluding carboxylic acids is 1. The molecule has 17 heavy (non-hydrogen) atoms. The van der Waals surface area contributed by atoms with E-state index >= 15 is 0 Å². The maximum absolute atomic E-state index is 10.8. The minimum atomic E-state index is -1.08. The summed E-state index contributed by atoms with van der Waals surface area (Å²) in [5.74, 6) is -0.489. The van der Waals surface area contributed by atoms with E-state index in [9.17, 15) is 15.0 Å². The Morgan fingerprint density at radius 1 is 1.29 bits per heavy atom. The second kappa shape index (κ2) is 8.00. The van der Waals surface area contributed by atoms with Crippen LogP contribution in [0, 0.1) is 0 Å². The molecular weight excluding hydrogens is 224 g/mol. The lowest BCUT2D eigenvalue weighted by Crippen LogP contribution is -2.27. The highest BCUT2D eigenvalue weighted by Crippen LogP contribution is 2.07. The average molecular weight is 244 g/mol. The summed E-state index contributed by atoms with van der Waals surface area (Å²) in [7, 11) is 1.27. The summed E-state index contributed by atoms with van der Waals surface area (Å²) in [4.78, 5) is 10.8. The van der Waals surface area contributed by atoms with Gasteiger partial charge >= 0.3 is 5.97 Å². The van der Waals surface area contributed by atoms with E-state index < -0.39 is 24.3 Å². The first-order chi connectivity index (χ1) is 7.86. The third kappa shape index (κ3) is 7.68. The molecule has 0 saturated carbocycles. The summed E-state index contributed by atoms with van der Waals surface area (Å²) < 4.78 is 4.41. The van der Waals surface area contributed by atoms with Crippen LogP contribution < -0.4 is 0 Å². The van der Waals surface area contributed by atoms with E-state index in [1.54, 1.807) is 6.92 Å². The molecule has 0 bridgehead atoms. The van der Waals surface area contributed by atoms with Crippen molar-refractivity contribution in [2.75, 3.05) is 7.11 Å².